The van der Waals surface area contributed by atoms with Crippen molar-refractivity contribution in [3.05, 3.63) is 41.2 Å². The lowest BCUT2D eigenvalue weighted by atomic mass is 10.0. The van der Waals surface area contributed by atoms with Crippen LogP contribution in [-0.4, -0.2) is 7.11 Å². The molecule has 0 unspecified atom stereocenters. The molecule has 0 radical (unpaired) electrons. The minimum Gasteiger partial charge on any atom is -0.497 e. The van der Waals surface area contributed by atoms with Gasteiger partial charge in [-0.3, -0.25) is 0 Å². The molecule has 0 saturated heterocycles. The van der Waals surface area contributed by atoms with Crippen LogP contribution in [0.15, 0.2) is 35.7 Å². The lowest BCUT2D eigenvalue weighted by Gasteiger charge is -2.14. The third-order valence-corrected chi connectivity index (χ3v) is 3.55. The number of hydrogen-bond donors (Lipinski definition) is 2. The fraction of sp³-hybridized carbons (Fsp3) is 0.429. The van der Waals surface area contributed by atoms with Gasteiger partial charge in [-0.15, -0.1) is 0 Å². The van der Waals surface area contributed by atoms with Gasteiger partial charge in [0.1, 0.15) is 11.9 Å². The van der Waals surface area contributed by atoms with E-state index in [1.165, 1.54) is 42.6 Å². The van der Waals surface area contributed by atoms with Crippen LogP contribution >= 0.6 is 0 Å². The van der Waals surface area contributed by atoms with Crippen LogP contribution in [0.3, 0.4) is 0 Å². The predicted octanol–water partition coefficient (Wildman–Crippen LogP) is 2.67. The second-order valence-corrected chi connectivity index (χ2v) is 4.66. The number of benzene rings is 1. The van der Waals surface area contributed by atoms with Crippen molar-refractivity contribution in [1.29, 1.82) is 0 Å². The second-order valence-electron chi connectivity index (χ2n) is 4.66. The Morgan fingerprint density at radius 1 is 1.00 bits per heavy atom. The van der Waals surface area contributed by atoms with Crippen LogP contribution in [0.1, 0.15) is 37.4 Å². The van der Waals surface area contributed by atoms with Gasteiger partial charge in [-0.2, -0.15) is 0 Å². The molecule has 0 fully saturated rings. The van der Waals surface area contributed by atoms with Gasteiger partial charge in [0.2, 0.25) is 0 Å². The number of ether oxygens (including phenoxy) is 1. The van der Waals surface area contributed by atoms with Crippen molar-refractivity contribution in [2.45, 2.75) is 31.8 Å². The molecule has 0 saturated carbocycles. The first-order valence-electron chi connectivity index (χ1n) is 6.26. The van der Waals surface area contributed by atoms with Gasteiger partial charge >= 0.3 is 0 Å². The van der Waals surface area contributed by atoms with Crippen molar-refractivity contribution >= 4 is 0 Å². The van der Waals surface area contributed by atoms with E-state index in [-0.39, 0.29) is 6.17 Å². The highest BCUT2D eigenvalue weighted by molar-refractivity contribution is 5.32. The van der Waals surface area contributed by atoms with Crippen molar-refractivity contribution in [2.24, 2.45) is 0 Å². The molecule has 1 aromatic carbocycles. The molecule has 2 aliphatic rings. The molecule has 17 heavy (non-hydrogen) atoms. The molecule has 0 atom stereocenters. The maximum atomic E-state index is 5.18. The van der Waals surface area contributed by atoms with Crippen LogP contribution < -0.4 is 15.4 Å². The third-order valence-electron chi connectivity index (χ3n) is 3.55. The summed E-state index contributed by atoms with van der Waals surface area (Å²) in [6.07, 6.45) is 5.24. The Morgan fingerprint density at radius 3 is 2.12 bits per heavy atom. The second kappa shape index (κ2) is 4.32. The molecule has 90 valence electrons. The van der Waals surface area contributed by atoms with Gasteiger partial charge in [-0.1, -0.05) is 12.1 Å². The molecule has 0 amide bonds. The molecule has 3 heteroatoms. The zero-order chi connectivity index (χ0) is 11.7. The smallest absolute Gasteiger partial charge is 0.123 e. The Morgan fingerprint density at radius 2 is 1.59 bits per heavy atom. The average molecular weight is 230 g/mol. The van der Waals surface area contributed by atoms with E-state index in [9.17, 15) is 0 Å². The number of methoxy groups -OCH3 is 1. The fourth-order valence-electron chi connectivity index (χ4n) is 2.57. The van der Waals surface area contributed by atoms with Crippen LogP contribution in [0.25, 0.3) is 0 Å². The van der Waals surface area contributed by atoms with Gasteiger partial charge in [0.25, 0.3) is 0 Å². The molecule has 1 aliphatic heterocycles. The maximum absolute atomic E-state index is 5.18. The zero-order valence-corrected chi connectivity index (χ0v) is 10.1. The minimum atomic E-state index is 0.240. The van der Waals surface area contributed by atoms with Crippen molar-refractivity contribution in [3.63, 3.8) is 0 Å². The van der Waals surface area contributed by atoms with Crippen molar-refractivity contribution in [3.8, 4) is 5.75 Å². The Kier molecular flexibility index (Phi) is 2.67. The Labute approximate surface area is 102 Å². The van der Waals surface area contributed by atoms with E-state index in [1.807, 2.05) is 12.1 Å². The first-order valence-corrected chi connectivity index (χ1v) is 6.26. The highest BCUT2D eigenvalue weighted by Gasteiger charge is 2.25. The van der Waals surface area contributed by atoms with Gasteiger partial charge < -0.3 is 15.4 Å². The summed E-state index contributed by atoms with van der Waals surface area (Å²) in [4.78, 5) is 0. The van der Waals surface area contributed by atoms with Crippen LogP contribution in [0.4, 0.5) is 0 Å². The summed E-state index contributed by atoms with van der Waals surface area (Å²) in [5.41, 5.74) is 4.09. The minimum absolute atomic E-state index is 0.240. The monoisotopic (exact) mass is 230 g/mol. The fourth-order valence-corrected chi connectivity index (χ4v) is 2.57. The molecule has 0 aromatic heterocycles. The number of rotatable bonds is 2. The van der Waals surface area contributed by atoms with Crippen molar-refractivity contribution < 1.29 is 4.74 Å². The van der Waals surface area contributed by atoms with E-state index in [0.717, 1.165) is 5.75 Å². The first-order chi connectivity index (χ1) is 8.36. The molecule has 3 rings (SSSR count). The van der Waals surface area contributed by atoms with E-state index >= 15 is 0 Å². The molecular formula is C14H18N2O. The summed E-state index contributed by atoms with van der Waals surface area (Å²) >= 11 is 0. The molecule has 1 aromatic rings. The SMILES string of the molecule is COc1ccc(C2NC3=C(CCCC3)N2)cc1. The maximum Gasteiger partial charge on any atom is 0.123 e. The van der Waals surface area contributed by atoms with E-state index in [2.05, 4.69) is 22.8 Å². The Balaban J connectivity index is 1.74. The van der Waals surface area contributed by atoms with E-state index in [0.29, 0.717) is 0 Å². The van der Waals surface area contributed by atoms with Crippen molar-refractivity contribution in [2.75, 3.05) is 7.11 Å². The first kappa shape index (κ1) is 10.5. The quantitative estimate of drug-likeness (QED) is 0.819. The standard InChI is InChI=1S/C14H18N2O/c1-17-11-8-6-10(7-9-11)14-15-12-4-2-3-5-13(12)16-14/h6-9,14-16H,2-5H2,1H3. The lowest BCUT2D eigenvalue weighted by Crippen LogP contribution is -2.23. The largest absolute Gasteiger partial charge is 0.497 e. The van der Waals surface area contributed by atoms with Gasteiger partial charge in [-0.05, 0) is 43.4 Å². The molecule has 3 nitrogen and oxygen atoms in total. The summed E-state index contributed by atoms with van der Waals surface area (Å²) in [6.45, 7) is 0. The highest BCUT2D eigenvalue weighted by atomic mass is 16.5. The molecule has 0 spiro atoms. The van der Waals surface area contributed by atoms with E-state index in [4.69, 9.17) is 4.74 Å². The lowest BCUT2D eigenvalue weighted by molar-refractivity contribution is 0.414. The number of nitrogens with one attached hydrogen (secondary N) is 2. The van der Waals surface area contributed by atoms with Crippen LogP contribution in [0.2, 0.25) is 0 Å². The Bertz CT molecular complexity index is 418. The van der Waals surface area contributed by atoms with Gasteiger partial charge in [0, 0.05) is 11.4 Å². The average Bonchev–Trinajstić information content (AvgIpc) is 2.82. The molecule has 1 heterocycles. The number of hydrogen-bond acceptors (Lipinski definition) is 3. The molecule has 2 N–H and O–H groups in total. The number of allylic oxidation sites excluding steroid dienone is 2. The molecular weight excluding hydrogens is 212 g/mol. The normalized spacial score (nSPS) is 19.6. The van der Waals surface area contributed by atoms with Gasteiger partial charge in [-0.25, -0.2) is 0 Å². The van der Waals surface area contributed by atoms with Crippen LogP contribution in [-0.2, 0) is 0 Å². The summed E-state index contributed by atoms with van der Waals surface area (Å²) in [5, 5.41) is 7.15. The molecule has 0 bridgehead atoms. The molecule has 1 aliphatic carbocycles. The van der Waals surface area contributed by atoms with Crippen LogP contribution in [0.5, 0.6) is 5.75 Å². The summed E-state index contributed by atoms with van der Waals surface area (Å²) in [6, 6.07) is 8.25. The summed E-state index contributed by atoms with van der Waals surface area (Å²) < 4.78 is 5.18. The predicted molar refractivity (Wildman–Crippen MR) is 67.5 cm³/mol. The highest BCUT2D eigenvalue weighted by Crippen LogP contribution is 2.30. The Hall–Kier alpha value is -1.64. The summed E-state index contributed by atoms with van der Waals surface area (Å²) in [7, 11) is 1.70. The topological polar surface area (TPSA) is 33.3 Å². The van der Waals surface area contributed by atoms with E-state index in [1.54, 1.807) is 7.11 Å². The van der Waals surface area contributed by atoms with Gasteiger partial charge in [0.05, 0.1) is 7.11 Å². The van der Waals surface area contributed by atoms with Gasteiger partial charge in [0.15, 0.2) is 0 Å². The van der Waals surface area contributed by atoms with Crippen molar-refractivity contribution in [1.82, 2.24) is 10.6 Å². The van der Waals surface area contributed by atoms with Crippen LogP contribution in [0, 0.1) is 0 Å². The zero-order valence-electron chi connectivity index (χ0n) is 10.1. The third kappa shape index (κ3) is 1.97. The summed E-state index contributed by atoms with van der Waals surface area (Å²) in [5.74, 6) is 0.907. The van der Waals surface area contributed by atoms with E-state index < -0.39 is 0 Å².